The van der Waals surface area contributed by atoms with E-state index in [0.29, 0.717) is 12.0 Å². The zero-order valence-corrected chi connectivity index (χ0v) is 15.4. The highest BCUT2D eigenvalue weighted by Crippen LogP contribution is 2.20. The number of thiophene rings is 1. The van der Waals surface area contributed by atoms with Gasteiger partial charge in [0.05, 0.1) is 5.69 Å². The summed E-state index contributed by atoms with van der Waals surface area (Å²) < 4.78 is 0. The molecule has 0 radical (unpaired) electrons. The number of aliphatic hydroxyl groups excluding tert-OH is 1. The normalized spacial score (nSPS) is 20.1. The van der Waals surface area contributed by atoms with Crippen molar-refractivity contribution in [2.45, 2.75) is 45.3 Å². The van der Waals surface area contributed by atoms with Crippen LogP contribution in [0.3, 0.4) is 0 Å². The van der Waals surface area contributed by atoms with E-state index in [1.807, 2.05) is 0 Å². The summed E-state index contributed by atoms with van der Waals surface area (Å²) in [7, 11) is 0. The van der Waals surface area contributed by atoms with Crippen LogP contribution in [0, 0.1) is 0 Å². The van der Waals surface area contributed by atoms with E-state index >= 15 is 0 Å². The molecule has 1 saturated heterocycles. The topological polar surface area (TPSA) is 55.4 Å². The van der Waals surface area contributed by atoms with Gasteiger partial charge in [0.1, 0.15) is 0 Å². The average Bonchev–Trinajstić information content (AvgIpc) is 3.22. The molecule has 2 aromatic heterocycles. The van der Waals surface area contributed by atoms with E-state index in [9.17, 15) is 5.11 Å². The van der Waals surface area contributed by atoms with Gasteiger partial charge in [-0.05, 0) is 40.8 Å². The maximum absolute atomic E-state index is 9.44. The zero-order valence-electron chi connectivity index (χ0n) is 14.6. The summed E-state index contributed by atoms with van der Waals surface area (Å²) in [6.07, 6.45) is 0.834. The summed E-state index contributed by atoms with van der Waals surface area (Å²) in [6, 6.07) is 4.80. The second kappa shape index (κ2) is 8.25. The predicted octanol–water partition coefficient (Wildman–Crippen LogP) is 2.66. The molecule has 1 unspecified atom stereocenters. The summed E-state index contributed by atoms with van der Waals surface area (Å²) >= 11 is 1.75. The lowest BCUT2D eigenvalue weighted by molar-refractivity contribution is 0.0495. The number of H-pyrrole nitrogens is 1. The Bertz CT molecular complexity index is 610. The molecule has 0 bridgehead atoms. The van der Waals surface area contributed by atoms with Gasteiger partial charge in [-0.25, -0.2) is 0 Å². The van der Waals surface area contributed by atoms with Gasteiger partial charge in [-0.3, -0.25) is 14.9 Å². The number of nitrogens with zero attached hydrogens (tertiary/aromatic N) is 3. The van der Waals surface area contributed by atoms with Crippen LogP contribution in [0.1, 0.15) is 43.1 Å². The van der Waals surface area contributed by atoms with E-state index in [1.165, 1.54) is 11.3 Å². The van der Waals surface area contributed by atoms with Crippen LogP contribution in [-0.2, 0) is 13.1 Å². The fourth-order valence-electron chi connectivity index (χ4n) is 3.35. The fourth-order valence-corrected chi connectivity index (χ4v) is 4.01. The van der Waals surface area contributed by atoms with Gasteiger partial charge in [-0.1, -0.05) is 13.8 Å². The first-order valence-corrected chi connectivity index (χ1v) is 9.72. The summed E-state index contributed by atoms with van der Waals surface area (Å²) in [4.78, 5) is 4.99. The van der Waals surface area contributed by atoms with Crippen molar-refractivity contribution in [1.82, 2.24) is 20.0 Å². The lowest BCUT2D eigenvalue weighted by Gasteiger charge is -2.41. The minimum atomic E-state index is 0.250. The number of rotatable bonds is 7. The van der Waals surface area contributed by atoms with Gasteiger partial charge >= 0.3 is 0 Å². The summed E-state index contributed by atoms with van der Waals surface area (Å²) in [5.41, 5.74) is 3.70. The molecule has 0 spiro atoms. The van der Waals surface area contributed by atoms with Gasteiger partial charge < -0.3 is 5.11 Å². The third-order valence-corrected chi connectivity index (χ3v) is 5.49. The van der Waals surface area contributed by atoms with Crippen LogP contribution in [0.4, 0.5) is 0 Å². The first-order valence-electron chi connectivity index (χ1n) is 8.78. The average molecular weight is 349 g/mol. The zero-order chi connectivity index (χ0) is 16.9. The molecule has 132 valence electrons. The first kappa shape index (κ1) is 17.6. The fraction of sp³-hybridized carbons (Fsp3) is 0.611. The molecular weight excluding hydrogens is 320 g/mol. The Labute approximate surface area is 148 Å². The molecule has 2 N–H and O–H groups in total. The number of hydrogen-bond acceptors (Lipinski definition) is 5. The number of aliphatic hydroxyl groups is 1. The number of piperazine rings is 1. The monoisotopic (exact) mass is 348 g/mol. The van der Waals surface area contributed by atoms with Crippen molar-refractivity contribution in [2.24, 2.45) is 0 Å². The molecule has 5 nitrogen and oxygen atoms in total. The van der Waals surface area contributed by atoms with Crippen LogP contribution in [0.15, 0.2) is 22.9 Å². The standard InChI is InChI=1S/C18H28N4OS/c1-14(2)18-9-16(19-20-18)11-21-5-6-22(17(12-21)3-7-23)10-15-4-8-24-13-15/h4,8-9,13-14,17,23H,3,5-7,10-12H2,1-2H3,(H,19,20). The van der Waals surface area contributed by atoms with Crippen LogP contribution in [0.5, 0.6) is 0 Å². The maximum Gasteiger partial charge on any atom is 0.0650 e. The molecule has 3 rings (SSSR count). The molecule has 24 heavy (non-hydrogen) atoms. The van der Waals surface area contributed by atoms with E-state index in [4.69, 9.17) is 0 Å². The van der Waals surface area contributed by atoms with Crippen molar-refractivity contribution < 1.29 is 5.11 Å². The van der Waals surface area contributed by atoms with Crippen molar-refractivity contribution >= 4 is 11.3 Å². The van der Waals surface area contributed by atoms with Crippen LogP contribution in [0.2, 0.25) is 0 Å². The van der Waals surface area contributed by atoms with Crippen LogP contribution in [-0.4, -0.2) is 57.4 Å². The van der Waals surface area contributed by atoms with E-state index in [2.05, 4.69) is 56.7 Å². The molecule has 3 heterocycles. The molecule has 0 aliphatic carbocycles. The largest absolute Gasteiger partial charge is 0.396 e. The summed E-state index contributed by atoms with van der Waals surface area (Å²) in [5.74, 6) is 0.458. The number of aromatic nitrogens is 2. The van der Waals surface area contributed by atoms with Gasteiger partial charge in [-0.2, -0.15) is 16.4 Å². The van der Waals surface area contributed by atoms with Gasteiger partial charge in [0.15, 0.2) is 0 Å². The lowest BCUT2D eigenvalue weighted by Crippen LogP contribution is -2.52. The van der Waals surface area contributed by atoms with Crippen molar-refractivity contribution in [1.29, 1.82) is 0 Å². The minimum absolute atomic E-state index is 0.250. The molecule has 1 fully saturated rings. The third-order valence-electron chi connectivity index (χ3n) is 4.75. The van der Waals surface area contributed by atoms with E-state index in [1.54, 1.807) is 11.3 Å². The highest BCUT2D eigenvalue weighted by atomic mass is 32.1. The number of nitrogens with one attached hydrogen (secondary N) is 1. The second-order valence-corrected chi connectivity index (χ2v) is 7.76. The molecule has 2 aromatic rings. The Kier molecular flexibility index (Phi) is 6.05. The number of aromatic amines is 1. The van der Waals surface area contributed by atoms with Gasteiger partial charge in [-0.15, -0.1) is 0 Å². The molecule has 1 atom stereocenters. The van der Waals surface area contributed by atoms with E-state index < -0.39 is 0 Å². The summed E-state index contributed by atoms with van der Waals surface area (Å²) in [6.45, 7) is 9.59. The van der Waals surface area contributed by atoms with Gasteiger partial charge in [0.2, 0.25) is 0 Å². The van der Waals surface area contributed by atoms with Gasteiger partial charge in [0, 0.05) is 51.1 Å². The molecule has 0 amide bonds. The first-order chi connectivity index (χ1) is 11.7. The molecule has 0 saturated carbocycles. The van der Waals surface area contributed by atoms with Crippen molar-refractivity contribution in [2.75, 3.05) is 26.2 Å². The molecular formula is C18H28N4OS. The second-order valence-electron chi connectivity index (χ2n) is 6.98. The highest BCUT2D eigenvalue weighted by Gasteiger charge is 2.27. The van der Waals surface area contributed by atoms with Crippen molar-refractivity contribution in [3.05, 3.63) is 39.8 Å². The summed E-state index contributed by atoms with van der Waals surface area (Å²) in [5, 5.41) is 21.4. The van der Waals surface area contributed by atoms with E-state index in [0.717, 1.165) is 44.8 Å². The van der Waals surface area contributed by atoms with Crippen LogP contribution in [0.25, 0.3) is 0 Å². The molecule has 0 aromatic carbocycles. The van der Waals surface area contributed by atoms with Gasteiger partial charge in [0.25, 0.3) is 0 Å². The minimum Gasteiger partial charge on any atom is -0.396 e. The van der Waals surface area contributed by atoms with Crippen molar-refractivity contribution in [3.8, 4) is 0 Å². The van der Waals surface area contributed by atoms with Crippen LogP contribution >= 0.6 is 11.3 Å². The Balaban J connectivity index is 1.59. The lowest BCUT2D eigenvalue weighted by atomic mass is 10.1. The Morgan fingerprint density at radius 1 is 1.38 bits per heavy atom. The van der Waals surface area contributed by atoms with Crippen LogP contribution < -0.4 is 0 Å². The SMILES string of the molecule is CC(C)c1cc(CN2CCN(Cc3ccsc3)C(CCO)C2)[nH]n1. The highest BCUT2D eigenvalue weighted by molar-refractivity contribution is 7.07. The maximum atomic E-state index is 9.44. The Hall–Kier alpha value is -1.21. The number of hydrogen-bond donors (Lipinski definition) is 2. The van der Waals surface area contributed by atoms with E-state index in [-0.39, 0.29) is 6.61 Å². The third kappa shape index (κ3) is 4.45. The molecule has 6 heteroatoms. The molecule has 1 aliphatic heterocycles. The van der Waals surface area contributed by atoms with Crippen molar-refractivity contribution in [3.63, 3.8) is 0 Å². The smallest absolute Gasteiger partial charge is 0.0650 e. The quantitative estimate of drug-likeness (QED) is 0.808. The Morgan fingerprint density at radius 2 is 2.25 bits per heavy atom. The predicted molar refractivity (Wildman–Crippen MR) is 98.2 cm³/mol. The Morgan fingerprint density at radius 3 is 2.92 bits per heavy atom. The molecule has 1 aliphatic rings.